The van der Waals surface area contributed by atoms with Crippen molar-refractivity contribution in [3.05, 3.63) is 24.0 Å². The first kappa shape index (κ1) is 11.8. The van der Waals surface area contributed by atoms with Gasteiger partial charge >= 0.3 is 0 Å². The molecule has 0 aromatic heterocycles. The summed E-state index contributed by atoms with van der Waals surface area (Å²) in [5.74, 6) is -0.535. The number of aliphatic hydroxyl groups is 1. The van der Waals surface area contributed by atoms with Crippen LogP contribution in [0.4, 0.5) is 0 Å². The molecule has 0 aromatic rings. The number of hydrogen-bond acceptors (Lipinski definition) is 3. The molecule has 0 heterocycles. The predicted octanol–water partition coefficient (Wildman–Crippen LogP) is 2.15. The van der Waals surface area contributed by atoms with Gasteiger partial charge in [0.25, 0.3) is 0 Å². The van der Waals surface area contributed by atoms with Crippen molar-refractivity contribution in [1.82, 2.24) is 0 Å². The number of hydrogen-bond donors (Lipinski definition) is 1. The summed E-state index contributed by atoms with van der Waals surface area (Å²) in [5.41, 5.74) is 0.126. The Morgan fingerprint density at radius 3 is 3.00 bits per heavy atom. The summed E-state index contributed by atoms with van der Waals surface area (Å²) in [7, 11) is 1.52. The molecular weight excluding hydrogens is 190 g/mol. The van der Waals surface area contributed by atoms with E-state index in [1.54, 1.807) is 6.08 Å². The van der Waals surface area contributed by atoms with Crippen molar-refractivity contribution < 1.29 is 9.84 Å². The fourth-order valence-electron chi connectivity index (χ4n) is 1.95. The average Bonchev–Trinajstić information content (AvgIpc) is 2.18. The van der Waals surface area contributed by atoms with Gasteiger partial charge in [0.15, 0.2) is 0 Å². The molecule has 0 radical (unpaired) electrons. The van der Waals surface area contributed by atoms with Crippen LogP contribution in [-0.4, -0.2) is 17.8 Å². The molecule has 2 atom stereocenters. The molecule has 3 nitrogen and oxygen atoms in total. The minimum atomic E-state index is -1.02. The Labute approximate surface area is 90.7 Å². The summed E-state index contributed by atoms with van der Waals surface area (Å²) >= 11 is 0. The zero-order valence-corrected chi connectivity index (χ0v) is 9.23. The van der Waals surface area contributed by atoms with Gasteiger partial charge in [-0.15, -0.1) is 0 Å². The molecule has 3 heteroatoms. The maximum Gasteiger partial charge on any atom is 0.102 e. The summed E-state index contributed by atoms with van der Waals surface area (Å²) in [4.78, 5) is 0. The van der Waals surface area contributed by atoms with Gasteiger partial charge in [-0.25, -0.2) is 0 Å². The van der Waals surface area contributed by atoms with Gasteiger partial charge in [0, 0.05) is 0 Å². The maximum atomic E-state index is 10.3. The molecule has 0 spiro atoms. The number of ether oxygens (including phenoxy) is 1. The third kappa shape index (κ3) is 2.84. The van der Waals surface area contributed by atoms with E-state index in [1.807, 2.05) is 13.0 Å². The lowest BCUT2D eigenvalue weighted by Crippen LogP contribution is -2.36. The molecule has 0 aromatic carbocycles. The molecule has 0 bridgehead atoms. The van der Waals surface area contributed by atoms with Crippen LogP contribution in [0.2, 0.25) is 0 Å². The number of nitrogens with zero attached hydrogens (tertiary/aromatic N) is 1. The van der Waals surface area contributed by atoms with E-state index >= 15 is 0 Å². The SMILES string of the molecule is CO/C=C/C(C#N)C1(O)C=C(C)CCC1. The van der Waals surface area contributed by atoms with Crippen LogP contribution in [-0.2, 0) is 4.74 Å². The number of methoxy groups -OCH3 is 1. The first-order valence-corrected chi connectivity index (χ1v) is 5.12. The minimum Gasteiger partial charge on any atom is -0.505 e. The monoisotopic (exact) mass is 207 g/mol. The van der Waals surface area contributed by atoms with Gasteiger partial charge in [-0.05, 0) is 32.3 Å². The smallest absolute Gasteiger partial charge is 0.102 e. The van der Waals surface area contributed by atoms with E-state index in [2.05, 4.69) is 6.07 Å². The van der Waals surface area contributed by atoms with E-state index < -0.39 is 11.5 Å². The molecule has 15 heavy (non-hydrogen) atoms. The van der Waals surface area contributed by atoms with Crippen LogP contribution in [0.5, 0.6) is 0 Å². The number of rotatable bonds is 3. The van der Waals surface area contributed by atoms with Crippen molar-refractivity contribution in [2.45, 2.75) is 31.8 Å². The Balaban J connectivity index is 2.87. The van der Waals surface area contributed by atoms with E-state index in [1.165, 1.54) is 13.4 Å². The average molecular weight is 207 g/mol. The van der Waals surface area contributed by atoms with Crippen molar-refractivity contribution >= 4 is 0 Å². The highest BCUT2D eigenvalue weighted by Gasteiger charge is 2.35. The lowest BCUT2D eigenvalue weighted by molar-refractivity contribution is 0.0499. The van der Waals surface area contributed by atoms with Gasteiger partial charge < -0.3 is 9.84 Å². The van der Waals surface area contributed by atoms with E-state index in [0.717, 1.165) is 18.4 Å². The van der Waals surface area contributed by atoms with Crippen molar-refractivity contribution in [2.24, 2.45) is 5.92 Å². The largest absolute Gasteiger partial charge is 0.505 e. The molecule has 0 aliphatic heterocycles. The summed E-state index contributed by atoms with van der Waals surface area (Å²) in [6.07, 6.45) is 7.44. The van der Waals surface area contributed by atoms with E-state index in [4.69, 9.17) is 10.00 Å². The van der Waals surface area contributed by atoms with Crippen LogP contribution in [0, 0.1) is 17.2 Å². The first-order chi connectivity index (χ1) is 7.12. The molecule has 1 aliphatic carbocycles. The van der Waals surface area contributed by atoms with Gasteiger partial charge in [-0.2, -0.15) is 5.26 Å². The van der Waals surface area contributed by atoms with Crippen LogP contribution >= 0.6 is 0 Å². The highest BCUT2D eigenvalue weighted by molar-refractivity contribution is 5.22. The van der Waals surface area contributed by atoms with E-state index in [-0.39, 0.29) is 0 Å². The van der Waals surface area contributed by atoms with E-state index in [0.29, 0.717) is 6.42 Å². The molecule has 1 aliphatic rings. The van der Waals surface area contributed by atoms with Crippen LogP contribution in [0.1, 0.15) is 26.2 Å². The Bertz CT molecular complexity index is 314. The molecule has 0 amide bonds. The minimum absolute atomic E-state index is 0.535. The zero-order chi connectivity index (χ0) is 11.3. The third-order valence-electron chi connectivity index (χ3n) is 2.73. The number of nitriles is 1. The predicted molar refractivity (Wildman–Crippen MR) is 57.8 cm³/mol. The first-order valence-electron chi connectivity index (χ1n) is 5.12. The molecule has 1 N–H and O–H groups in total. The van der Waals surface area contributed by atoms with Crippen LogP contribution < -0.4 is 0 Å². The van der Waals surface area contributed by atoms with Crippen molar-refractivity contribution in [3.8, 4) is 6.07 Å². The maximum absolute atomic E-state index is 10.3. The fourth-order valence-corrected chi connectivity index (χ4v) is 1.95. The Kier molecular flexibility index (Phi) is 3.93. The zero-order valence-electron chi connectivity index (χ0n) is 9.23. The summed E-state index contributed by atoms with van der Waals surface area (Å²) in [5, 5.41) is 19.3. The van der Waals surface area contributed by atoms with Crippen LogP contribution in [0.25, 0.3) is 0 Å². The summed E-state index contributed by atoms with van der Waals surface area (Å²) in [6, 6.07) is 2.11. The van der Waals surface area contributed by atoms with Gasteiger partial charge in [0.1, 0.15) is 5.60 Å². The normalized spacial score (nSPS) is 28.3. The van der Waals surface area contributed by atoms with Crippen LogP contribution in [0.15, 0.2) is 24.0 Å². The fraction of sp³-hybridized carbons (Fsp3) is 0.583. The Morgan fingerprint density at radius 2 is 2.47 bits per heavy atom. The molecule has 0 saturated carbocycles. The highest BCUT2D eigenvalue weighted by atomic mass is 16.5. The summed E-state index contributed by atoms with van der Waals surface area (Å²) < 4.78 is 4.77. The van der Waals surface area contributed by atoms with Crippen molar-refractivity contribution in [1.29, 1.82) is 5.26 Å². The molecule has 1 rings (SSSR count). The molecule has 82 valence electrons. The molecular formula is C12H17NO2. The topological polar surface area (TPSA) is 53.2 Å². The lowest BCUT2D eigenvalue weighted by atomic mass is 9.78. The highest BCUT2D eigenvalue weighted by Crippen LogP contribution is 2.33. The summed E-state index contributed by atoms with van der Waals surface area (Å²) in [6.45, 7) is 1.98. The van der Waals surface area contributed by atoms with Gasteiger partial charge in [0.05, 0.1) is 25.4 Å². The number of allylic oxidation sites excluding steroid dienone is 1. The second-order valence-corrected chi connectivity index (χ2v) is 4.01. The third-order valence-corrected chi connectivity index (χ3v) is 2.73. The molecule has 0 fully saturated rings. The van der Waals surface area contributed by atoms with Gasteiger partial charge in [-0.1, -0.05) is 11.6 Å². The Morgan fingerprint density at radius 1 is 1.73 bits per heavy atom. The van der Waals surface area contributed by atoms with Gasteiger partial charge in [0.2, 0.25) is 0 Å². The van der Waals surface area contributed by atoms with Crippen LogP contribution in [0.3, 0.4) is 0 Å². The quantitative estimate of drug-likeness (QED) is 0.570. The Hall–Kier alpha value is -1.27. The molecule has 2 unspecified atom stereocenters. The van der Waals surface area contributed by atoms with Gasteiger partial charge in [-0.3, -0.25) is 0 Å². The molecule has 0 saturated heterocycles. The van der Waals surface area contributed by atoms with Crippen molar-refractivity contribution in [3.63, 3.8) is 0 Å². The standard InChI is InChI=1S/C12H17NO2/c1-10-4-3-6-12(14,8-10)11(9-13)5-7-15-2/h5,7-8,11,14H,3-4,6H2,1-2H3/b7-5+. The van der Waals surface area contributed by atoms with E-state index in [9.17, 15) is 5.11 Å². The second-order valence-electron chi connectivity index (χ2n) is 4.01. The lowest BCUT2D eigenvalue weighted by Gasteiger charge is -2.31. The second kappa shape index (κ2) is 4.99. The van der Waals surface area contributed by atoms with Crippen molar-refractivity contribution in [2.75, 3.05) is 7.11 Å².